The Morgan fingerprint density at radius 1 is 1.09 bits per heavy atom. The molecule has 0 spiro atoms. The normalized spacial score (nSPS) is 36.2. The lowest BCUT2D eigenvalue weighted by Crippen LogP contribution is -2.55. The van der Waals surface area contributed by atoms with Crippen molar-refractivity contribution >= 4 is 17.3 Å². The van der Waals surface area contributed by atoms with Crippen LogP contribution in [0.15, 0.2) is 47.1 Å². The number of anilines is 1. The minimum atomic E-state index is -1.24. The van der Waals surface area contributed by atoms with Gasteiger partial charge in [-0.3, -0.25) is 9.59 Å². The van der Waals surface area contributed by atoms with E-state index >= 15 is 0 Å². The maximum Gasteiger partial charge on any atom is 0.161 e. The summed E-state index contributed by atoms with van der Waals surface area (Å²) in [7, 11) is 4.09. The fourth-order valence-corrected chi connectivity index (χ4v) is 7.55. The molecule has 170 valence electrons. The molecule has 0 bridgehead atoms. The second-order valence-electron chi connectivity index (χ2n) is 10.9. The van der Waals surface area contributed by atoms with Crippen molar-refractivity contribution in [1.29, 1.82) is 0 Å². The highest BCUT2D eigenvalue weighted by molar-refractivity contribution is 5.93. The second-order valence-corrected chi connectivity index (χ2v) is 10.9. The van der Waals surface area contributed by atoms with Crippen LogP contribution in [0.2, 0.25) is 0 Å². The Morgan fingerprint density at radius 2 is 1.81 bits per heavy atom. The predicted molar refractivity (Wildman–Crippen MR) is 127 cm³/mol. The number of hydrogen-bond acceptors (Lipinski definition) is 4. The summed E-state index contributed by atoms with van der Waals surface area (Å²) in [4.78, 5) is 27.0. The molecule has 4 aliphatic rings. The van der Waals surface area contributed by atoms with Gasteiger partial charge >= 0.3 is 0 Å². The van der Waals surface area contributed by atoms with Gasteiger partial charge in [0.1, 0.15) is 5.60 Å². The Morgan fingerprint density at radius 3 is 2.47 bits per heavy atom. The molecule has 1 N–H and O–H groups in total. The smallest absolute Gasteiger partial charge is 0.161 e. The van der Waals surface area contributed by atoms with E-state index in [2.05, 4.69) is 36.1 Å². The molecule has 2 fully saturated rings. The number of carbonyl (C=O) groups is 2. The number of carbonyl (C=O) groups excluding carboxylic acids is 2. The standard InChI is InChI=1S/C28H35NO3/c1-17(30)28(32)14-13-25-23-11-7-19-15-21(31)10-12-22(19)26(23)24(16-27(25,28)2)18-5-8-20(9-6-18)29(3)4/h5-6,8-9,15,23-25,32H,7,10-14,16H2,1-4H3/t23?,24-,25?,27+,28?/m1/s1. The average molecular weight is 434 g/mol. The molecule has 0 saturated heterocycles. The molecule has 0 amide bonds. The van der Waals surface area contributed by atoms with Crippen molar-refractivity contribution in [2.75, 3.05) is 19.0 Å². The highest BCUT2D eigenvalue weighted by Gasteiger charge is 2.64. The van der Waals surface area contributed by atoms with E-state index in [-0.39, 0.29) is 17.5 Å². The first-order valence-corrected chi connectivity index (χ1v) is 12.1. The van der Waals surface area contributed by atoms with Crippen LogP contribution in [0.3, 0.4) is 0 Å². The molecule has 0 heterocycles. The Bertz CT molecular complexity index is 1030. The number of allylic oxidation sites excluding steroid dienone is 4. The summed E-state index contributed by atoms with van der Waals surface area (Å²) in [6, 6.07) is 8.78. The van der Waals surface area contributed by atoms with Gasteiger partial charge in [-0.25, -0.2) is 0 Å². The summed E-state index contributed by atoms with van der Waals surface area (Å²) in [6.45, 7) is 3.74. The number of Topliss-reactive ketones (excluding diaryl/α,β-unsaturated/α-hetero) is 1. The van der Waals surface area contributed by atoms with E-state index in [1.54, 1.807) is 6.92 Å². The molecule has 4 nitrogen and oxygen atoms in total. The minimum Gasteiger partial charge on any atom is -0.382 e. The summed E-state index contributed by atoms with van der Waals surface area (Å²) in [6.07, 6.45) is 7.53. The molecule has 5 rings (SSSR count). The van der Waals surface area contributed by atoms with Crippen LogP contribution in [0, 0.1) is 17.3 Å². The molecule has 1 aromatic rings. The fourth-order valence-electron chi connectivity index (χ4n) is 7.55. The maximum atomic E-state index is 12.7. The Hall–Kier alpha value is -2.20. The highest BCUT2D eigenvalue weighted by atomic mass is 16.3. The highest BCUT2D eigenvalue weighted by Crippen LogP contribution is 2.66. The van der Waals surface area contributed by atoms with Gasteiger partial charge in [0, 0.05) is 37.5 Å². The van der Waals surface area contributed by atoms with Gasteiger partial charge in [-0.05, 0) is 92.2 Å². The molecule has 0 radical (unpaired) electrons. The molecule has 2 saturated carbocycles. The first-order chi connectivity index (χ1) is 15.2. The first kappa shape index (κ1) is 21.6. The van der Waals surface area contributed by atoms with Gasteiger partial charge in [0.2, 0.25) is 0 Å². The maximum absolute atomic E-state index is 12.7. The van der Waals surface area contributed by atoms with Crippen molar-refractivity contribution in [2.24, 2.45) is 17.3 Å². The van der Waals surface area contributed by atoms with Crippen LogP contribution in [-0.4, -0.2) is 36.4 Å². The summed E-state index contributed by atoms with van der Waals surface area (Å²) in [5.74, 6) is 1.03. The molecular formula is C28H35NO3. The van der Waals surface area contributed by atoms with Crippen molar-refractivity contribution in [2.45, 2.75) is 70.3 Å². The van der Waals surface area contributed by atoms with E-state index < -0.39 is 11.0 Å². The molecule has 0 aromatic heterocycles. The number of aliphatic hydroxyl groups is 1. The van der Waals surface area contributed by atoms with Gasteiger partial charge in [-0.2, -0.15) is 0 Å². The number of rotatable bonds is 3. The minimum absolute atomic E-state index is 0.0834. The van der Waals surface area contributed by atoms with Gasteiger partial charge in [0.25, 0.3) is 0 Å². The van der Waals surface area contributed by atoms with Gasteiger partial charge in [0.05, 0.1) is 0 Å². The Balaban J connectivity index is 1.67. The third kappa shape index (κ3) is 2.98. The van der Waals surface area contributed by atoms with Crippen molar-refractivity contribution in [3.63, 3.8) is 0 Å². The van der Waals surface area contributed by atoms with E-state index in [9.17, 15) is 14.7 Å². The van der Waals surface area contributed by atoms with Crippen LogP contribution in [0.25, 0.3) is 0 Å². The van der Waals surface area contributed by atoms with Crippen molar-refractivity contribution in [1.82, 2.24) is 0 Å². The zero-order valence-corrected chi connectivity index (χ0v) is 19.8. The van der Waals surface area contributed by atoms with E-state index in [0.29, 0.717) is 24.7 Å². The largest absolute Gasteiger partial charge is 0.382 e. The van der Waals surface area contributed by atoms with Crippen molar-refractivity contribution in [3.8, 4) is 0 Å². The third-order valence-corrected chi connectivity index (χ3v) is 9.28. The molecule has 4 heteroatoms. The van der Waals surface area contributed by atoms with Crippen LogP contribution in [0.1, 0.15) is 70.3 Å². The van der Waals surface area contributed by atoms with Crippen LogP contribution in [0.4, 0.5) is 5.69 Å². The van der Waals surface area contributed by atoms with Crippen molar-refractivity contribution in [3.05, 3.63) is 52.6 Å². The lowest BCUT2D eigenvalue weighted by Gasteiger charge is -2.54. The molecule has 3 unspecified atom stereocenters. The predicted octanol–water partition coefficient (Wildman–Crippen LogP) is 4.97. The van der Waals surface area contributed by atoms with Gasteiger partial charge in [-0.1, -0.05) is 24.6 Å². The van der Waals surface area contributed by atoms with E-state index in [1.165, 1.54) is 22.3 Å². The molecule has 5 atom stereocenters. The molecule has 1 aromatic carbocycles. The molecule has 4 aliphatic carbocycles. The summed E-state index contributed by atoms with van der Waals surface area (Å²) in [5.41, 5.74) is 4.91. The molecule has 0 aliphatic heterocycles. The zero-order chi connectivity index (χ0) is 22.8. The third-order valence-electron chi connectivity index (χ3n) is 9.28. The number of nitrogens with zero attached hydrogens (tertiary/aromatic N) is 1. The van der Waals surface area contributed by atoms with E-state index in [1.807, 2.05) is 20.2 Å². The Labute approximate surface area is 191 Å². The zero-order valence-electron chi connectivity index (χ0n) is 19.8. The van der Waals surface area contributed by atoms with Gasteiger partial charge < -0.3 is 10.0 Å². The van der Waals surface area contributed by atoms with E-state index in [4.69, 9.17) is 0 Å². The van der Waals surface area contributed by atoms with Crippen LogP contribution < -0.4 is 4.90 Å². The van der Waals surface area contributed by atoms with Crippen molar-refractivity contribution < 1.29 is 14.7 Å². The van der Waals surface area contributed by atoms with E-state index in [0.717, 1.165) is 37.8 Å². The van der Waals surface area contributed by atoms with Crippen LogP contribution in [0.5, 0.6) is 0 Å². The van der Waals surface area contributed by atoms with Gasteiger partial charge in [-0.15, -0.1) is 0 Å². The lowest BCUT2D eigenvalue weighted by atomic mass is 9.51. The number of fused-ring (bicyclic) bond motifs is 4. The number of ketones is 2. The average Bonchev–Trinajstić information content (AvgIpc) is 3.04. The fraction of sp³-hybridized carbons (Fsp3) is 0.571. The summed E-state index contributed by atoms with van der Waals surface area (Å²) < 4.78 is 0. The first-order valence-electron chi connectivity index (χ1n) is 12.1. The molecular weight excluding hydrogens is 398 g/mol. The van der Waals surface area contributed by atoms with Crippen LogP contribution in [-0.2, 0) is 9.59 Å². The summed E-state index contributed by atoms with van der Waals surface area (Å²) >= 11 is 0. The van der Waals surface area contributed by atoms with Gasteiger partial charge in [0.15, 0.2) is 11.6 Å². The second kappa shape index (κ2) is 7.41. The SMILES string of the molecule is CC(=O)C1(O)CCC2C3CCC4=CC(=O)CCC4=C3[C@@H](c3ccc(N(C)C)cc3)C[C@@]21C. The topological polar surface area (TPSA) is 57.6 Å². The lowest BCUT2D eigenvalue weighted by molar-refractivity contribution is -0.152. The number of hydrogen-bond donors (Lipinski definition) is 1. The van der Waals surface area contributed by atoms with Crippen LogP contribution >= 0.6 is 0 Å². The quantitative estimate of drug-likeness (QED) is 0.731. The monoisotopic (exact) mass is 433 g/mol. The molecule has 32 heavy (non-hydrogen) atoms. The number of benzene rings is 1. The Kier molecular flexibility index (Phi) is 5.01. The summed E-state index contributed by atoms with van der Waals surface area (Å²) in [5, 5.41) is 11.6.